The maximum atomic E-state index is 8.87. The summed E-state index contributed by atoms with van der Waals surface area (Å²) in [6.07, 6.45) is 3.20. The highest BCUT2D eigenvalue weighted by molar-refractivity contribution is 5.56. The minimum atomic E-state index is 0.245. The summed E-state index contributed by atoms with van der Waals surface area (Å²) in [5, 5.41) is 8.87. The number of aryl methyl sites for hydroxylation is 1. The van der Waals surface area contributed by atoms with E-state index in [2.05, 4.69) is 30.1 Å². The van der Waals surface area contributed by atoms with E-state index in [-0.39, 0.29) is 6.61 Å². The number of benzene rings is 1. The van der Waals surface area contributed by atoms with Crippen molar-refractivity contribution in [1.82, 2.24) is 0 Å². The van der Waals surface area contributed by atoms with Crippen LogP contribution >= 0.6 is 0 Å². The molecule has 0 amide bonds. The molecule has 2 nitrogen and oxygen atoms in total. The highest BCUT2D eigenvalue weighted by atomic mass is 16.2. The highest BCUT2D eigenvalue weighted by Gasteiger charge is 2.13. The minimum Gasteiger partial charge on any atom is -0.396 e. The second-order valence-electron chi connectivity index (χ2n) is 3.96. The SMILES string of the molecule is CN1CCCc2cc(CCO)ccc21. The summed E-state index contributed by atoms with van der Waals surface area (Å²) in [7, 11) is 2.14. The number of nitrogens with zero attached hydrogens (tertiary/aromatic N) is 1. The summed E-state index contributed by atoms with van der Waals surface area (Å²) in [4.78, 5) is 2.31. The van der Waals surface area contributed by atoms with Crippen molar-refractivity contribution < 1.29 is 5.11 Å². The van der Waals surface area contributed by atoms with Crippen LogP contribution in [-0.2, 0) is 12.8 Å². The number of aliphatic hydroxyl groups is 1. The van der Waals surface area contributed by atoms with Gasteiger partial charge < -0.3 is 10.0 Å². The van der Waals surface area contributed by atoms with Crippen molar-refractivity contribution in [3.8, 4) is 0 Å². The van der Waals surface area contributed by atoms with Gasteiger partial charge in [-0.15, -0.1) is 0 Å². The standard InChI is InChI=1S/C12H17NO/c1-13-7-2-3-11-9-10(6-8-14)4-5-12(11)13/h4-5,9,14H,2-3,6-8H2,1H3. The summed E-state index contributed by atoms with van der Waals surface area (Å²) in [5.41, 5.74) is 4.05. The fourth-order valence-corrected chi connectivity index (χ4v) is 2.12. The van der Waals surface area contributed by atoms with Crippen molar-refractivity contribution in [2.24, 2.45) is 0 Å². The van der Waals surface area contributed by atoms with Crippen LogP contribution in [0.4, 0.5) is 5.69 Å². The van der Waals surface area contributed by atoms with Gasteiger partial charge in [0, 0.05) is 25.9 Å². The zero-order valence-corrected chi connectivity index (χ0v) is 8.66. The fraction of sp³-hybridized carbons (Fsp3) is 0.500. The smallest absolute Gasteiger partial charge is 0.0471 e. The quantitative estimate of drug-likeness (QED) is 0.767. The topological polar surface area (TPSA) is 23.5 Å². The first-order valence-corrected chi connectivity index (χ1v) is 5.25. The van der Waals surface area contributed by atoms with Crippen LogP contribution in [0.3, 0.4) is 0 Å². The lowest BCUT2D eigenvalue weighted by molar-refractivity contribution is 0.299. The second kappa shape index (κ2) is 4.01. The molecule has 0 aromatic heterocycles. The second-order valence-corrected chi connectivity index (χ2v) is 3.96. The van der Waals surface area contributed by atoms with Gasteiger partial charge in [-0.05, 0) is 36.5 Å². The molecule has 0 fully saturated rings. The number of hydrogen-bond acceptors (Lipinski definition) is 2. The number of aliphatic hydroxyl groups excluding tert-OH is 1. The van der Waals surface area contributed by atoms with E-state index in [4.69, 9.17) is 5.11 Å². The Kier molecular flexibility index (Phi) is 2.73. The van der Waals surface area contributed by atoms with Crippen molar-refractivity contribution >= 4 is 5.69 Å². The first kappa shape index (κ1) is 9.53. The lowest BCUT2D eigenvalue weighted by atomic mass is 9.99. The summed E-state index contributed by atoms with van der Waals surface area (Å²) in [5.74, 6) is 0. The molecule has 14 heavy (non-hydrogen) atoms. The van der Waals surface area contributed by atoms with Crippen LogP contribution < -0.4 is 4.90 Å². The fourth-order valence-electron chi connectivity index (χ4n) is 2.12. The molecule has 2 heteroatoms. The number of rotatable bonds is 2. The van der Waals surface area contributed by atoms with Crippen LogP contribution in [0.1, 0.15) is 17.5 Å². The maximum Gasteiger partial charge on any atom is 0.0471 e. The molecule has 1 aliphatic heterocycles. The third-order valence-corrected chi connectivity index (χ3v) is 2.90. The van der Waals surface area contributed by atoms with E-state index in [0.717, 1.165) is 13.0 Å². The third-order valence-electron chi connectivity index (χ3n) is 2.90. The molecule has 0 aliphatic carbocycles. The van der Waals surface area contributed by atoms with Gasteiger partial charge in [0.25, 0.3) is 0 Å². The van der Waals surface area contributed by atoms with Gasteiger partial charge in [-0.1, -0.05) is 12.1 Å². The molecule has 0 unspecified atom stereocenters. The summed E-state index contributed by atoms with van der Waals surface area (Å²) < 4.78 is 0. The largest absolute Gasteiger partial charge is 0.396 e. The van der Waals surface area contributed by atoms with Crippen molar-refractivity contribution in [2.75, 3.05) is 25.1 Å². The van der Waals surface area contributed by atoms with E-state index in [9.17, 15) is 0 Å². The number of fused-ring (bicyclic) bond motifs is 1. The van der Waals surface area contributed by atoms with E-state index >= 15 is 0 Å². The zero-order valence-electron chi connectivity index (χ0n) is 8.66. The van der Waals surface area contributed by atoms with Crippen LogP contribution in [0.5, 0.6) is 0 Å². The van der Waals surface area contributed by atoms with E-state index in [1.165, 1.54) is 29.7 Å². The van der Waals surface area contributed by atoms with Crippen molar-refractivity contribution in [2.45, 2.75) is 19.3 Å². The summed E-state index contributed by atoms with van der Waals surface area (Å²) in [6.45, 7) is 1.40. The van der Waals surface area contributed by atoms with Gasteiger partial charge in [-0.25, -0.2) is 0 Å². The Hall–Kier alpha value is -1.02. The van der Waals surface area contributed by atoms with Gasteiger partial charge in [0.05, 0.1) is 0 Å². The Morgan fingerprint density at radius 3 is 3.07 bits per heavy atom. The molecule has 1 heterocycles. The van der Waals surface area contributed by atoms with Crippen LogP contribution in [-0.4, -0.2) is 25.3 Å². The molecule has 0 atom stereocenters. The first-order valence-electron chi connectivity index (χ1n) is 5.25. The lowest BCUT2D eigenvalue weighted by Gasteiger charge is -2.27. The average Bonchev–Trinajstić information content (AvgIpc) is 2.18. The van der Waals surface area contributed by atoms with Gasteiger partial charge >= 0.3 is 0 Å². The molecule has 0 saturated carbocycles. The Morgan fingerprint density at radius 1 is 1.43 bits per heavy atom. The minimum absolute atomic E-state index is 0.245. The van der Waals surface area contributed by atoms with E-state index < -0.39 is 0 Å². The van der Waals surface area contributed by atoms with Gasteiger partial charge in [-0.3, -0.25) is 0 Å². The maximum absolute atomic E-state index is 8.87. The Balaban J connectivity index is 2.29. The Labute approximate surface area is 85.2 Å². The van der Waals surface area contributed by atoms with Gasteiger partial charge in [-0.2, -0.15) is 0 Å². The van der Waals surface area contributed by atoms with Gasteiger partial charge in [0.2, 0.25) is 0 Å². The highest BCUT2D eigenvalue weighted by Crippen LogP contribution is 2.26. The van der Waals surface area contributed by atoms with Crippen LogP contribution in [0.25, 0.3) is 0 Å². The van der Waals surface area contributed by atoms with Gasteiger partial charge in [0.15, 0.2) is 0 Å². The molecule has 2 rings (SSSR count). The molecule has 1 aliphatic rings. The molecule has 76 valence electrons. The monoisotopic (exact) mass is 191 g/mol. The van der Waals surface area contributed by atoms with Gasteiger partial charge in [0.1, 0.15) is 0 Å². The lowest BCUT2D eigenvalue weighted by Crippen LogP contribution is -2.24. The van der Waals surface area contributed by atoms with Crippen LogP contribution in [0.2, 0.25) is 0 Å². The van der Waals surface area contributed by atoms with Crippen molar-refractivity contribution in [1.29, 1.82) is 0 Å². The van der Waals surface area contributed by atoms with E-state index in [1.54, 1.807) is 0 Å². The van der Waals surface area contributed by atoms with E-state index in [1.807, 2.05) is 0 Å². The zero-order chi connectivity index (χ0) is 9.97. The van der Waals surface area contributed by atoms with Crippen LogP contribution in [0, 0.1) is 0 Å². The molecule has 0 saturated heterocycles. The molecular weight excluding hydrogens is 174 g/mol. The molecule has 0 radical (unpaired) electrons. The van der Waals surface area contributed by atoms with Crippen molar-refractivity contribution in [3.63, 3.8) is 0 Å². The molecule has 0 spiro atoms. The molecule has 1 aromatic carbocycles. The predicted molar refractivity (Wildman–Crippen MR) is 58.8 cm³/mol. The molecule has 0 bridgehead atoms. The summed E-state index contributed by atoms with van der Waals surface area (Å²) in [6, 6.07) is 6.54. The normalized spacial score (nSPS) is 15.4. The summed E-state index contributed by atoms with van der Waals surface area (Å²) >= 11 is 0. The first-order chi connectivity index (χ1) is 6.81. The molecule has 1 aromatic rings. The van der Waals surface area contributed by atoms with Crippen molar-refractivity contribution in [3.05, 3.63) is 29.3 Å². The molecule has 1 N–H and O–H groups in total. The average molecular weight is 191 g/mol. The van der Waals surface area contributed by atoms with Crippen LogP contribution in [0.15, 0.2) is 18.2 Å². The van der Waals surface area contributed by atoms with E-state index in [0.29, 0.717) is 0 Å². The predicted octanol–water partition coefficient (Wildman–Crippen LogP) is 1.60. The number of anilines is 1. The number of hydrogen-bond donors (Lipinski definition) is 1. The Bertz CT molecular complexity index is 322. The Morgan fingerprint density at radius 2 is 2.29 bits per heavy atom. The molecular formula is C12H17NO. The third kappa shape index (κ3) is 1.75.